The van der Waals surface area contributed by atoms with Crippen molar-refractivity contribution in [3.05, 3.63) is 0 Å². The van der Waals surface area contributed by atoms with Gasteiger partial charge in [0, 0.05) is 24.2 Å². The lowest BCUT2D eigenvalue weighted by Gasteiger charge is -2.35. The van der Waals surface area contributed by atoms with Crippen LogP contribution < -0.4 is 5.73 Å². The van der Waals surface area contributed by atoms with Crippen LogP contribution in [0.15, 0.2) is 0 Å². The van der Waals surface area contributed by atoms with Gasteiger partial charge >= 0.3 is 0 Å². The van der Waals surface area contributed by atoms with Crippen LogP contribution in [0.1, 0.15) is 40.5 Å². The molecule has 3 N–H and O–H groups in total. The van der Waals surface area contributed by atoms with E-state index >= 15 is 0 Å². The van der Waals surface area contributed by atoms with Gasteiger partial charge in [0.1, 0.15) is 0 Å². The minimum Gasteiger partial charge on any atom is -0.391 e. The molecule has 3 nitrogen and oxygen atoms in total. The molecule has 1 rings (SSSR count). The molecule has 1 fully saturated rings. The van der Waals surface area contributed by atoms with Crippen LogP contribution in [0.2, 0.25) is 0 Å². The van der Waals surface area contributed by atoms with Gasteiger partial charge in [-0.2, -0.15) is 0 Å². The molecule has 0 aromatic heterocycles. The zero-order valence-corrected chi connectivity index (χ0v) is 9.88. The maximum Gasteiger partial charge on any atom is 0.0730 e. The molecule has 3 heteroatoms. The van der Waals surface area contributed by atoms with E-state index in [0.29, 0.717) is 0 Å². The number of rotatable bonds is 3. The second-order valence-electron chi connectivity index (χ2n) is 5.68. The second kappa shape index (κ2) is 3.80. The first-order valence-corrected chi connectivity index (χ1v) is 5.45. The molecule has 0 spiro atoms. The molecule has 1 heterocycles. The van der Waals surface area contributed by atoms with E-state index in [4.69, 9.17) is 5.73 Å². The van der Waals surface area contributed by atoms with Crippen LogP contribution in [0.25, 0.3) is 0 Å². The van der Waals surface area contributed by atoms with E-state index in [9.17, 15) is 5.11 Å². The summed E-state index contributed by atoms with van der Waals surface area (Å²) in [6.07, 6.45) is 1.67. The van der Waals surface area contributed by atoms with Crippen molar-refractivity contribution < 1.29 is 5.11 Å². The summed E-state index contributed by atoms with van der Waals surface area (Å²) >= 11 is 0. The van der Waals surface area contributed by atoms with Gasteiger partial charge in [-0.15, -0.1) is 0 Å². The smallest absolute Gasteiger partial charge is 0.0730 e. The largest absolute Gasteiger partial charge is 0.391 e. The zero-order valence-electron chi connectivity index (χ0n) is 9.88. The molecule has 0 radical (unpaired) electrons. The number of hydrogen-bond donors (Lipinski definition) is 2. The van der Waals surface area contributed by atoms with Gasteiger partial charge < -0.3 is 10.8 Å². The Bertz CT molecular complexity index is 196. The van der Waals surface area contributed by atoms with Crippen LogP contribution in [0.5, 0.6) is 0 Å². The Morgan fingerprint density at radius 2 is 2.07 bits per heavy atom. The molecule has 1 aliphatic rings. The zero-order chi connectivity index (χ0) is 11.0. The van der Waals surface area contributed by atoms with Crippen LogP contribution in [-0.4, -0.2) is 40.3 Å². The van der Waals surface area contributed by atoms with Gasteiger partial charge in [0.2, 0.25) is 0 Å². The van der Waals surface area contributed by atoms with Gasteiger partial charge in [-0.25, -0.2) is 0 Å². The number of aliphatic hydroxyl groups excluding tert-OH is 1. The number of aliphatic hydroxyl groups is 1. The SMILES string of the molecule is CC(C)(N)CCN1CCC(O)C1(C)C. The fraction of sp³-hybridized carbons (Fsp3) is 1.00. The molecule has 0 bridgehead atoms. The lowest BCUT2D eigenvalue weighted by atomic mass is 9.97. The molecule has 1 saturated heterocycles. The van der Waals surface area contributed by atoms with Crippen molar-refractivity contribution in [2.75, 3.05) is 13.1 Å². The lowest BCUT2D eigenvalue weighted by molar-refractivity contribution is 0.0515. The standard InChI is InChI=1S/C11H24N2O/c1-10(2,12)6-8-13-7-5-9(14)11(13,3)4/h9,14H,5-8,12H2,1-4H3. The van der Waals surface area contributed by atoms with Crippen LogP contribution >= 0.6 is 0 Å². The van der Waals surface area contributed by atoms with Crippen molar-refractivity contribution in [2.24, 2.45) is 5.73 Å². The normalized spacial score (nSPS) is 28.3. The van der Waals surface area contributed by atoms with Crippen molar-refractivity contribution in [2.45, 2.75) is 57.7 Å². The van der Waals surface area contributed by atoms with Crippen LogP contribution in [-0.2, 0) is 0 Å². The highest BCUT2D eigenvalue weighted by molar-refractivity contribution is 4.96. The summed E-state index contributed by atoms with van der Waals surface area (Å²) in [5.74, 6) is 0. The predicted molar refractivity (Wildman–Crippen MR) is 59.2 cm³/mol. The topological polar surface area (TPSA) is 49.5 Å². The Morgan fingerprint density at radius 3 is 2.43 bits per heavy atom. The van der Waals surface area contributed by atoms with E-state index in [0.717, 1.165) is 25.9 Å². The van der Waals surface area contributed by atoms with E-state index in [1.807, 2.05) is 13.8 Å². The summed E-state index contributed by atoms with van der Waals surface area (Å²) in [7, 11) is 0. The first-order chi connectivity index (χ1) is 6.23. The van der Waals surface area contributed by atoms with Gasteiger partial charge in [0.05, 0.1) is 6.10 Å². The third kappa shape index (κ3) is 2.69. The quantitative estimate of drug-likeness (QED) is 0.713. The van der Waals surface area contributed by atoms with Gasteiger partial charge in [-0.05, 0) is 40.5 Å². The first kappa shape index (κ1) is 12.0. The lowest BCUT2D eigenvalue weighted by Crippen LogP contribution is -2.47. The number of nitrogens with two attached hydrogens (primary N) is 1. The van der Waals surface area contributed by atoms with E-state index in [2.05, 4.69) is 18.7 Å². The van der Waals surface area contributed by atoms with E-state index in [1.54, 1.807) is 0 Å². The van der Waals surface area contributed by atoms with Gasteiger partial charge in [0.15, 0.2) is 0 Å². The molecule has 1 atom stereocenters. The average molecular weight is 200 g/mol. The number of hydrogen-bond acceptors (Lipinski definition) is 3. The number of likely N-dealkylation sites (tertiary alicyclic amines) is 1. The molecular weight excluding hydrogens is 176 g/mol. The summed E-state index contributed by atoms with van der Waals surface area (Å²) in [6, 6.07) is 0. The second-order valence-corrected chi connectivity index (χ2v) is 5.68. The van der Waals surface area contributed by atoms with Crippen LogP contribution in [0.3, 0.4) is 0 Å². The molecule has 84 valence electrons. The Kier molecular flexibility index (Phi) is 3.24. The molecular formula is C11H24N2O. The van der Waals surface area contributed by atoms with E-state index < -0.39 is 0 Å². The maximum atomic E-state index is 9.78. The minimum absolute atomic E-state index is 0.0781. The minimum atomic E-state index is -0.191. The molecule has 0 aliphatic carbocycles. The fourth-order valence-electron chi connectivity index (χ4n) is 1.95. The van der Waals surface area contributed by atoms with Gasteiger partial charge in [0.25, 0.3) is 0 Å². The van der Waals surface area contributed by atoms with E-state index in [-0.39, 0.29) is 17.2 Å². The Labute approximate surface area is 87.3 Å². The highest BCUT2D eigenvalue weighted by Gasteiger charge is 2.39. The molecule has 1 unspecified atom stereocenters. The Balaban J connectivity index is 2.47. The highest BCUT2D eigenvalue weighted by Crippen LogP contribution is 2.29. The molecule has 0 amide bonds. The molecule has 1 aliphatic heterocycles. The first-order valence-electron chi connectivity index (χ1n) is 5.45. The highest BCUT2D eigenvalue weighted by atomic mass is 16.3. The van der Waals surface area contributed by atoms with Crippen LogP contribution in [0, 0.1) is 0 Å². The van der Waals surface area contributed by atoms with Crippen molar-refractivity contribution >= 4 is 0 Å². The van der Waals surface area contributed by atoms with Crippen molar-refractivity contribution in [1.82, 2.24) is 4.90 Å². The Hall–Kier alpha value is -0.120. The summed E-state index contributed by atoms with van der Waals surface area (Å²) < 4.78 is 0. The van der Waals surface area contributed by atoms with Crippen LogP contribution in [0.4, 0.5) is 0 Å². The molecule has 0 aromatic rings. The molecule has 14 heavy (non-hydrogen) atoms. The predicted octanol–water partition coefficient (Wildman–Crippen LogP) is 0.959. The van der Waals surface area contributed by atoms with Crippen molar-refractivity contribution in [3.63, 3.8) is 0 Å². The number of nitrogens with zero attached hydrogens (tertiary/aromatic N) is 1. The summed E-state index contributed by atoms with van der Waals surface area (Å²) in [4.78, 5) is 2.34. The molecule has 0 aromatic carbocycles. The monoisotopic (exact) mass is 200 g/mol. The average Bonchev–Trinajstić information content (AvgIpc) is 2.23. The van der Waals surface area contributed by atoms with Crippen molar-refractivity contribution in [1.29, 1.82) is 0 Å². The van der Waals surface area contributed by atoms with Crippen molar-refractivity contribution in [3.8, 4) is 0 Å². The van der Waals surface area contributed by atoms with Gasteiger partial charge in [-0.1, -0.05) is 0 Å². The maximum absolute atomic E-state index is 9.78. The summed E-state index contributed by atoms with van der Waals surface area (Å²) in [5, 5.41) is 9.78. The Morgan fingerprint density at radius 1 is 1.50 bits per heavy atom. The molecule has 0 saturated carbocycles. The third-order valence-corrected chi connectivity index (χ3v) is 3.33. The van der Waals surface area contributed by atoms with E-state index in [1.165, 1.54) is 0 Å². The van der Waals surface area contributed by atoms with Gasteiger partial charge in [-0.3, -0.25) is 4.90 Å². The fourth-order valence-corrected chi connectivity index (χ4v) is 1.95. The summed E-state index contributed by atoms with van der Waals surface area (Å²) in [6.45, 7) is 10.3. The summed E-state index contributed by atoms with van der Waals surface area (Å²) in [5.41, 5.74) is 5.76. The third-order valence-electron chi connectivity index (χ3n) is 3.33.